The lowest BCUT2D eigenvalue weighted by atomic mass is 9.72. The van der Waals surface area contributed by atoms with Crippen molar-refractivity contribution in [3.05, 3.63) is 58.7 Å². The Balaban J connectivity index is 0.00000150. The van der Waals surface area contributed by atoms with Crippen molar-refractivity contribution in [1.29, 1.82) is 0 Å². The van der Waals surface area contributed by atoms with E-state index >= 15 is 0 Å². The predicted octanol–water partition coefficient (Wildman–Crippen LogP) is 5.53. The molecule has 0 aliphatic heterocycles. The van der Waals surface area contributed by atoms with Crippen molar-refractivity contribution >= 4 is 11.9 Å². The summed E-state index contributed by atoms with van der Waals surface area (Å²) in [5.74, 6) is -1.35. The molecule has 1 aliphatic carbocycles. The molecule has 0 heterocycles. The number of rotatable bonds is 8. The number of hydrogen-bond donors (Lipinski definition) is 2. The molecule has 1 rings (SSSR count). The number of carboxylic acids is 1. The van der Waals surface area contributed by atoms with Gasteiger partial charge in [0.1, 0.15) is 13.2 Å². The van der Waals surface area contributed by atoms with Crippen LogP contribution in [0.15, 0.2) is 58.7 Å². The molecule has 0 saturated carbocycles. The number of allylic oxidation sites excluding steroid dienone is 9. The molecule has 0 bridgehead atoms. The van der Waals surface area contributed by atoms with Gasteiger partial charge in [-0.1, -0.05) is 67.9 Å². The quantitative estimate of drug-likeness (QED) is 0.400. The Morgan fingerprint density at radius 3 is 2.33 bits per heavy atom. The highest BCUT2D eigenvalue weighted by atomic mass is 16.5. The Hall–Kier alpha value is -2.40. The van der Waals surface area contributed by atoms with E-state index in [4.69, 9.17) is 19.7 Å². The van der Waals surface area contributed by atoms with E-state index in [2.05, 4.69) is 45.9 Å². The molecule has 0 aromatic carbocycles. The fourth-order valence-electron chi connectivity index (χ4n) is 3.07. The third-order valence-electron chi connectivity index (χ3n) is 4.85. The zero-order valence-electron chi connectivity index (χ0n) is 19.3. The van der Waals surface area contributed by atoms with E-state index in [0.29, 0.717) is 13.0 Å². The van der Waals surface area contributed by atoms with Gasteiger partial charge in [0.2, 0.25) is 0 Å². The number of esters is 1. The van der Waals surface area contributed by atoms with Crippen LogP contribution in [0.4, 0.5) is 0 Å². The van der Waals surface area contributed by atoms with Crippen LogP contribution in [0.5, 0.6) is 0 Å². The first-order valence-corrected chi connectivity index (χ1v) is 10.4. The molecule has 5 heteroatoms. The molecule has 0 unspecified atom stereocenters. The lowest BCUT2D eigenvalue weighted by molar-refractivity contribution is -0.142. The van der Waals surface area contributed by atoms with E-state index in [0.717, 1.165) is 5.57 Å². The van der Waals surface area contributed by atoms with Crippen LogP contribution in [0.25, 0.3) is 0 Å². The summed E-state index contributed by atoms with van der Waals surface area (Å²) in [5, 5.41) is 15.0. The van der Waals surface area contributed by atoms with Crippen LogP contribution in [0.3, 0.4) is 0 Å². The summed E-state index contributed by atoms with van der Waals surface area (Å²) in [5.41, 5.74) is 5.61. The molecular formula is C25H38O5. The first-order valence-electron chi connectivity index (χ1n) is 10.4. The van der Waals surface area contributed by atoms with Crippen molar-refractivity contribution in [1.82, 2.24) is 0 Å². The summed E-state index contributed by atoms with van der Waals surface area (Å²) in [4.78, 5) is 20.2. The molecule has 2 N–H and O–H groups in total. The number of carboxylic acid groups (broad SMARTS) is 1. The molecule has 0 radical (unpaired) electrons. The fraction of sp³-hybridized carbons (Fsp3) is 0.520. The maximum absolute atomic E-state index is 11.1. The van der Waals surface area contributed by atoms with Crippen molar-refractivity contribution in [3.63, 3.8) is 0 Å². The van der Waals surface area contributed by atoms with Gasteiger partial charge in [0.25, 0.3) is 0 Å². The van der Waals surface area contributed by atoms with Crippen LogP contribution >= 0.6 is 0 Å². The molecule has 0 fully saturated rings. The summed E-state index contributed by atoms with van der Waals surface area (Å²) < 4.78 is 5.04. The van der Waals surface area contributed by atoms with Gasteiger partial charge in [-0.05, 0) is 57.1 Å². The largest absolute Gasteiger partial charge is 0.480 e. The number of aliphatic carboxylic acids is 1. The zero-order chi connectivity index (χ0) is 23.2. The molecule has 0 aromatic heterocycles. The van der Waals surface area contributed by atoms with Gasteiger partial charge in [0.15, 0.2) is 0 Å². The Labute approximate surface area is 181 Å². The van der Waals surface area contributed by atoms with Crippen LogP contribution in [0.2, 0.25) is 0 Å². The third kappa shape index (κ3) is 12.2. The molecule has 0 atom stereocenters. The van der Waals surface area contributed by atoms with Crippen molar-refractivity contribution < 1.29 is 24.5 Å². The molecule has 0 amide bonds. The van der Waals surface area contributed by atoms with Gasteiger partial charge in [-0.3, -0.25) is 4.79 Å². The lowest BCUT2D eigenvalue weighted by Gasteiger charge is -2.32. The van der Waals surface area contributed by atoms with Gasteiger partial charge < -0.3 is 14.9 Å². The van der Waals surface area contributed by atoms with E-state index in [9.17, 15) is 4.79 Å². The standard InChI is InChI=1S/C23H34O2.C2H4O3/c1-7-22(24)25-17-15-19(3)11-8-10-18(2)13-14-21-20(4)12-9-16-23(21,5)6;3-1-2(4)5/h8,10-11,13-15H,7,9,12,16-17H2,1-6H3;3H,1H2,(H,4,5)/b11-8+,14-13+,18-10+,19-15+;. The molecule has 5 nitrogen and oxygen atoms in total. The van der Waals surface area contributed by atoms with Gasteiger partial charge in [0, 0.05) is 6.42 Å². The second-order valence-electron chi connectivity index (χ2n) is 8.07. The summed E-state index contributed by atoms with van der Waals surface area (Å²) in [7, 11) is 0. The van der Waals surface area contributed by atoms with E-state index in [1.54, 1.807) is 6.92 Å². The molecule has 30 heavy (non-hydrogen) atoms. The van der Waals surface area contributed by atoms with E-state index in [1.807, 2.05) is 25.2 Å². The summed E-state index contributed by atoms with van der Waals surface area (Å²) >= 11 is 0. The average Bonchev–Trinajstić information content (AvgIpc) is 2.67. The molecule has 0 aromatic rings. The maximum atomic E-state index is 11.1. The number of carbonyl (C=O) groups is 2. The second-order valence-corrected chi connectivity index (χ2v) is 8.07. The van der Waals surface area contributed by atoms with Crippen molar-refractivity contribution in [3.8, 4) is 0 Å². The monoisotopic (exact) mass is 418 g/mol. The highest BCUT2D eigenvalue weighted by Gasteiger charge is 2.26. The van der Waals surface area contributed by atoms with Crippen LogP contribution in [0, 0.1) is 5.41 Å². The summed E-state index contributed by atoms with van der Waals surface area (Å²) in [6.45, 7) is 12.4. The fourth-order valence-corrected chi connectivity index (χ4v) is 3.07. The third-order valence-corrected chi connectivity index (χ3v) is 4.85. The van der Waals surface area contributed by atoms with Crippen LogP contribution in [-0.2, 0) is 14.3 Å². The predicted molar refractivity (Wildman–Crippen MR) is 122 cm³/mol. The molecule has 168 valence electrons. The van der Waals surface area contributed by atoms with Crippen molar-refractivity contribution in [2.75, 3.05) is 13.2 Å². The number of aliphatic hydroxyl groups is 1. The van der Waals surface area contributed by atoms with E-state index < -0.39 is 12.6 Å². The van der Waals surface area contributed by atoms with Crippen LogP contribution in [0.1, 0.15) is 67.2 Å². The normalized spacial score (nSPS) is 17.2. The maximum Gasteiger partial charge on any atom is 0.329 e. The number of carbonyl (C=O) groups excluding carboxylic acids is 1. The highest BCUT2D eigenvalue weighted by molar-refractivity contribution is 5.69. The molecule has 1 aliphatic rings. The first kappa shape index (κ1) is 27.6. The number of aliphatic hydroxyl groups excluding tert-OH is 1. The zero-order valence-corrected chi connectivity index (χ0v) is 19.3. The van der Waals surface area contributed by atoms with Gasteiger partial charge in [-0.2, -0.15) is 0 Å². The van der Waals surface area contributed by atoms with Gasteiger partial charge in [-0.25, -0.2) is 4.79 Å². The summed E-state index contributed by atoms with van der Waals surface area (Å²) in [6.07, 6.45) is 16.8. The van der Waals surface area contributed by atoms with Crippen LogP contribution < -0.4 is 0 Å². The minimum atomic E-state index is -1.19. The minimum absolute atomic E-state index is 0.163. The van der Waals surface area contributed by atoms with E-state index in [-0.39, 0.29) is 11.4 Å². The second kappa shape index (κ2) is 14.6. The molecular weight excluding hydrogens is 380 g/mol. The van der Waals surface area contributed by atoms with E-state index in [1.165, 1.54) is 36.0 Å². The van der Waals surface area contributed by atoms with Gasteiger partial charge in [0.05, 0.1) is 0 Å². The van der Waals surface area contributed by atoms with Crippen molar-refractivity contribution in [2.24, 2.45) is 5.41 Å². The molecule has 0 saturated heterocycles. The Kier molecular flexibility index (Phi) is 13.4. The number of ether oxygens (including phenoxy) is 1. The van der Waals surface area contributed by atoms with Gasteiger partial charge in [-0.15, -0.1) is 0 Å². The van der Waals surface area contributed by atoms with Crippen LogP contribution in [-0.4, -0.2) is 35.4 Å². The number of hydrogen-bond acceptors (Lipinski definition) is 4. The van der Waals surface area contributed by atoms with Crippen molar-refractivity contribution in [2.45, 2.75) is 67.2 Å². The Morgan fingerprint density at radius 1 is 1.17 bits per heavy atom. The van der Waals surface area contributed by atoms with Gasteiger partial charge >= 0.3 is 11.9 Å². The molecule has 0 spiro atoms. The summed E-state index contributed by atoms with van der Waals surface area (Å²) in [6, 6.07) is 0. The lowest BCUT2D eigenvalue weighted by Crippen LogP contribution is -2.19. The smallest absolute Gasteiger partial charge is 0.329 e. The SMILES string of the molecule is CCC(=O)OC/C=C(C)/C=C/C=C(C)/C=C/C1=C(C)CCCC1(C)C.O=C(O)CO. The first-order chi connectivity index (χ1) is 14.0. The minimum Gasteiger partial charge on any atom is -0.480 e. The Bertz CT molecular complexity index is 718. The Morgan fingerprint density at radius 2 is 1.80 bits per heavy atom. The topological polar surface area (TPSA) is 83.8 Å². The average molecular weight is 419 g/mol. The highest BCUT2D eigenvalue weighted by Crippen LogP contribution is 2.40.